The topological polar surface area (TPSA) is 78.5 Å². The Hall–Kier alpha value is -2.37. The first-order valence-corrected chi connectivity index (χ1v) is 10.4. The first-order chi connectivity index (χ1) is 13.5. The molecule has 0 saturated carbocycles. The van der Waals surface area contributed by atoms with E-state index in [1.807, 2.05) is 30.0 Å². The maximum atomic E-state index is 12.5. The number of benzene rings is 1. The van der Waals surface area contributed by atoms with E-state index in [1.54, 1.807) is 12.1 Å². The van der Waals surface area contributed by atoms with Crippen LogP contribution in [-0.4, -0.2) is 48.3 Å². The third-order valence-electron chi connectivity index (χ3n) is 5.19. The van der Waals surface area contributed by atoms with Gasteiger partial charge in [0.2, 0.25) is 11.8 Å². The van der Waals surface area contributed by atoms with E-state index in [9.17, 15) is 14.4 Å². The fourth-order valence-electron chi connectivity index (χ4n) is 3.46. The van der Waals surface area contributed by atoms with Gasteiger partial charge in [-0.2, -0.15) is 0 Å². The van der Waals surface area contributed by atoms with Crippen molar-refractivity contribution in [2.75, 3.05) is 19.6 Å². The second-order valence-corrected chi connectivity index (χ2v) is 7.60. The summed E-state index contributed by atoms with van der Waals surface area (Å²) in [5, 5.41) is 5.89. The minimum Gasteiger partial charge on any atom is -0.356 e. The zero-order chi connectivity index (χ0) is 20.4. The van der Waals surface area contributed by atoms with E-state index in [-0.39, 0.29) is 36.1 Å². The van der Waals surface area contributed by atoms with Crippen LogP contribution in [0.3, 0.4) is 0 Å². The lowest BCUT2D eigenvalue weighted by Crippen LogP contribution is -2.45. The Kier molecular flexibility index (Phi) is 8.98. The van der Waals surface area contributed by atoms with Crippen LogP contribution in [0.5, 0.6) is 0 Å². The number of hydrogen-bond donors (Lipinski definition) is 2. The van der Waals surface area contributed by atoms with Gasteiger partial charge in [0.05, 0.1) is 0 Å². The van der Waals surface area contributed by atoms with Gasteiger partial charge in [-0.1, -0.05) is 38.0 Å². The van der Waals surface area contributed by atoms with Crippen molar-refractivity contribution in [1.29, 1.82) is 0 Å². The van der Waals surface area contributed by atoms with Gasteiger partial charge in [-0.3, -0.25) is 14.4 Å². The molecule has 154 valence electrons. The van der Waals surface area contributed by atoms with Crippen molar-refractivity contribution >= 4 is 17.7 Å². The number of amides is 3. The number of likely N-dealkylation sites (tertiary alicyclic amines) is 1. The van der Waals surface area contributed by atoms with Crippen molar-refractivity contribution in [3.05, 3.63) is 35.9 Å². The Morgan fingerprint density at radius 3 is 2.43 bits per heavy atom. The van der Waals surface area contributed by atoms with E-state index in [1.165, 1.54) is 0 Å². The van der Waals surface area contributed by atoms with Gasteiger partial charge >= 0.3 is 0 Å². The van der Waals surface area contributed by atoms with E-state index in [4.69, 9.17) is 0 Å². The van der Waals surface area contributed by atoms with Crippen LogP contribution in [0.15, 0.2) is 30.3 Å². The highest BCUT2D eigenvalue weighted by Gasteiger charge is 2.27. The van der Waals surface area contributed by atoms with Crippen molar-refractivity contribution in [1.82, 2.24) is 15.5 Å². The molecule has 0 aromatic heterocycles. The number of unbranched alkanes of at least 4 members (excludes halogenated alkanes) is 2. The molecule has 1 unspecified atom stereocenters. The molecule has 2 rings (SSSR count). The molecule has 1 heterocycles. The molecule has 1 aromatic rings. The van der Waals surface area contributed by atoms with Gasteiger partial charge in [0, 0.05) is 43.6 Å². The van der Waals surface area contributed by atoms with Gasteiger partial charge in [-0.05, 0) is 38.3 Å². The fraction of sp³-hybridized carbons (Fsp3) is 0.591. The Morgan fingerprint density at radius 2 is 1.79 bits per heavy atom. The third-order valence-corrected chi connectivity index (χ3v) is 5.19. The molecule has 3 amide bonds. The SMILES string of the molecule is CCCCCNC(=O)C1CCN(C(=O)CC(C)NC(=O)c2ccccc2)CC1. The van der Waals surface area contributed by atoms with Crippen LogP contribution in [0.25, 0.3) is 0 Å². The average molecular weight is 388 g/mol. The van der Waals surface area contributed by atoms with Crippen LogP contribution in [-0.2, 0) is 9.59 Å². The quantitative estimate of drug-likeness (QED) is 0.640. The minimum absolute atomic E-state index is 0.000818. The van der Waals surface area contributed by atoms with Crippen LogP contribution >= 0.6 is 0 Å². The maximum Gasteiger partial charge on any atom is 0.251 e. The molecule has 0 radical (unpaired) electrons. The number of carbonyl (C=O) groups is 3. The number of hydrogen-bond acceptors (Lipinski definition) is 3. The molecule has 6 heteroatoms. The van der Waals surface area contributed by atoms with E-state index in [2.05, 4.69) is 17.6 Å². The Labute approximate surface area is 168 Å². The van der Waals surface area contributed by atoms with Gasteiger partial charge in [-0.15, -0.1) is 0 Å². The molecule has 1 fully saturated rings. The summed E-state index contributed by atoms with van der Waals surface area (Å²) in [6.45, 7) is 5.93. The molecular weight excluding hydrogens is 354 g/mol. The van der Waals surface area contributed by atoms with E-state index in [0.717, 1.165) is 25.8 Å². The van der Waals surface area contributed by atoms with E-state index >= 15 is 0 Å². The zero-order valence-corrected chi connectivity index (χ0v) is 17.1. The summed E-state index contributed by atoms with van der Waals surface area (Å²) in [4.78, 5) is 38.7. The summed E-state index contributed by atoms with van der Waals surface area (Å²) >= 11 is 0. The number of rotatable bonds is 9. The molecule has 1 atom stereocenters. The molecular formula is C22H33N3O3. The molecule has 1 saturated heterocycles. The highest BCUT2D eigenvalue weighted by atomic mass is 16.2. The Bertz CT molecular complexity index is 640. The Balaban J connectivity index is 1.70. The highest BCUT2D eigenvalue weighted by Crippen LogP contribution is 2.18. The summed E-state index contributed by atoms with van der Waals surface area (Å²) in [5.41, 5.74) is 0.590. The third kappa shape index (κ3) is 6.98. The van der Waals surface area contributed by atoms with Gasteiger partial charge in [-0.25, -0.2) is 0 Å². The van der Waals surface area contributed by atoms with Crippen molar-refractivity contribution in [3.8, 4) is 0 Å². The van der Waals surface area contributed by atoms with Crippen LogP contribution in [0, 0.1) is 5.92 Å². The first kappa shape index (κ1) is 21.9. The monoisotopic (exact) mass is 387 g/mol. The Morgan fingerprint density at radius 1 is 1.11 bits per heavy atom. The predicted octanol–water partition coefficient (Wildman–Crippen LogP) is 2.74. The fourth-order valence-corrected chi connectivity index (χ4v) is 3.46. The number of carbonyl (C=O) groups excluding carboxylic acids is 3. The van der Waals surface area contributed by atoms with E-state index in [0.29, 0.717) is 31.5 Å². The summed E-state index contributed by atoms with van der Waals surface area (Å²) in [6.07, 6.45) is 4.97. The summed E-state index contributed by atoms with van der Waals surface area (Å²) < 4.78 is 0. The standard InChI is InChI=1S/C22H33N3O3/c1-3-4-8-13-23-21(27)19-11-14-25(15-12-19)20(26)16-17(2)24-22(28)18-9-6-5-7-10-18/h5-7,9-10,17,19H,3-4,8,11-16H2,1-2H3,(H,23,27)(H,24,28). The first-order valence-electron chi connectivity index (χ1n) is 10.4. The second-order valence-electron chi connectivity index (χ2n) is 7.60. The lowest BCUT2D eigenvalue weighted by molar-refractivity contribution is -0.135. The second kappa shape index (κ2) is 11.5. The van der Waals surface area contributed by atoms with E-state index < -0.39 is 0 Å². The largest absolute Gasteiger partial charge is 0.356 e. The summed E-state index contributed by atoms with van der Waals surface area (Å²) in [7, 11) is 0. The van der Waals surface area contributed by atoms with Gasteiger partial charge in [0.1, 0.15) is 0 Å². The lowest BCUT2D eigenvalue weighted by Gasteiger charge is -2.32. The van der Waals surface area contributed by atoms with Gasteiger partial charge in [0.25, 0.3) is 5.91 Å². The van der Waals surface area contributed by atoms with Crippen molar-refractivity contribution < 1.29 is 14.4 Å². The minimum atomic E-state index is -0.236. The van der Waals surface area contributed by atoms with Crippen molar-refractivity contribution in [3.63, 3.8) is 0 Å². The van der Waals surface area contributed by atoms with Crippen LogP contribution in [0.4, 0.5) is 0 Å². The molecule has 1 aliphatic rings. The molecule has 1 aromatic carbocycles. The maximum absolute atomic E-state index is 12.5. The predicted molar refractivity (Wildman–Crippen MR) is 110 cm³/mol. The molecule has 0 spiro atoms. The van der Waals surface area contributed by atoms with Crippen molar-refractivity contribution in [2.45, 2.75) is 58.4 Å². The highest BCUT2D eigenvalue weighted by molar-refractivity contribution is 5.94. The molecule has 28 heavy (non-hydrogen) atoms. The average Bonchev–Trinajstić information content (AvgIpc) is 2.71. The lowest BCUT2D eigenvalue weighted by atomic mass is 9.95. The molecule has 2 N–H and O–H groups in total. The number of piperidine rings is 1. The number of nitrogens with zero attached hydrogens (tertiary/aromatic N) is 1. The molecule has 6 nitrogen and oxygen atoms in total. The van der Waals surface area contributed by atoms with Crippen molar-refractivity contribution in [2.24, 2.45) is 5.92 Å². The molecule has 0 bridgehead atoms. The molecule has 1 aliphatic heterocycles. The van der Waals surface area contributed by atoms with Crippen LogP contribution in [0.2, 0.25) is 0 Å². The van der Waals surface area contributed by atoms with Crippen LogP contribution < -0.4 is 10.6 Å². The summed E-state index contributed by atoms with van der Waals surface area (Å²) in [6, 6.07) is 8.76. The van der Waals surface area contributed by atoms with Crippen LogP contribution in [0.1, 0.15) is 62.7 Å². The van der Waals surface area contributed by atoms with Gasteiger partial charge < -0.3 is 15.5 Å². The normalized spacial score (nSPS) is 15.7. The zero-order valence-electron chi connectivity index (χ0n) is 17.1. The van der Waals surface area contributed by atoms with Gasteiger partial charge in [0.15, 0.2) is 0 Å². The summed E-state index contributed by atoms with van der Waals surface area (Å²) in [5.74, 6) is -0.0189. The molecule has 0 aliphatic carbocycles. The number of nitrogens with one attached hydrogen (secondary N) is 2. The smallest absolute Gasteiger partial charge is 0.251 e.